The molecule has 1 saturated heterocycles. The molecule has 17 rings (SSSR count). The Morgan fingerprint density at radius 2 is 0.844 bits per heavy atom. The van der Waals surface area contributed by atoms with Gasteiger partial charge in [0.1, 0.15) is 45.7 Å². The first-order valence-corrected chi connectivity index (χ1v) is 42.5. The summed E-state index contributed by atoms with van der Waals surface area (Å²) in [6.45, 7) is 9.74. The lowest BCUT2D eigenvalue weighted by Crippen LogP contribution is -2.45. The SMILES string of the molecule is COc1cc(C(=O)NC2CCC2)ccc1Nc1ncc2c(n1)N(C1CCCC1)C[C@@H](C)C(=O)N2C.COc1cc(C(=O)N[C@@H]2CCOC2)ccc1Nc1ncc2c(n1)N(C1CCCC1)CC(C)(C)C(=O)N2C.COc1ccccc1Nc1ncc2c(n1)N(C)CCC(=O)N2C.COc1ccccc1Nc1ncc2c(n1)N(C1CCCC1)CCC(=O)N2C. The number of carbonyl (C=O) groups is 6. The number of nitrogens with zero attached hydrogens (tertiary/aromatic N) is 16. The van der Waals surface area contributed by atoms with Gasteiger partial charge in [-0.1, -0.05) is 69.7 Å². The molecule has 6 amide bonds. The van der Waals surface area contributed by atoms with Crippen LogP contribution in [0.5, 0.6) is 23.0 Å². The Morgan fingerprint density at radius 3 is 1.30 bits per heavy atom. The van der Waals surface area contributed by atoms with Crippen molar-refractivity contribution in [1.82, 2.24) is 50.5 Å². The van der Waals surface area contributed by atoms with E-state index in [4.69, 9.17) is 38.6 Å². The number of carbonyl (C=O) groups excluding carboxylic acids is 6. The predicted molar refractivity (Wildman–Crippen MR) is 473 cm³/mol. The van der Waals surface area contributed by atoms with Gasteiger partial charge in [-0.2, -0.15) is 19.9 Å². The van der Waals surface area contributed by atoms with Crippen LogP contribution in [-0.2, 0) is 23.9 Å². The Morgan fingerprint density at radius 1 is 0.443 bits per heavy atom. The van der Waals surface area contributed by atoms with E-state index in [1.807, 2.05) is 87.3 Å². The second-order valence-electron chi connectivity index (χ2n) is 33.1. The Balaban J connectivity index is 0.000000135. The van der Waals surface area contributed by atoms with E-state index in [2.05, 4.69) is 71.5 Å². The third-order valence-electron chi connectivity index (χ3n) is 24.4. The van der Waals surface area contributed by atoms with Crippen molar-refractivity contribution in [2.75, 3.05) is 164 Å². The van der Waals surface area contributed by atoms with Gasteiger partial charge in [0.15, 0.2) is 23.3 Å². The van der Waals surface area contributed by atoms with Gasteiger partial charge in [0.25, 0.3) is 11.8 Å². The predicted octanol–water partition coefficient (Wildman–Crippen LogP) is 12.7. The van der Waals surface area contributed by atoms with Gasteiger partial charge < -0.3 is 94.8 Å². The number of hydrogen-bond acceptors (Lipinski definition) is 27. The number of para-hydroxylation sites is 4. The van der Waals surface area contributed by atoms with Crippen molar-refractivity contribution in [3.8, 4) is 23.0 Å². The van der Waals surface area contributed by atoms with Crippen LogP contribution in [0.4, 0.5) is 92.6 Å². The molecule has 5 aliphatic heterocycles. The number of amides is 6. The Labute approximate surface area is 712 Å². The first-order valence-electron chi connectivity index (χ1n) is 42.5. The highest BCUT2D eigenvalue weighted by molar-refractivity contribution is 6.03. The number of rotatable bonds is 19. The van der Waals surface area contributed by atoms with Gasteiger partial charge in [-0.05, 0) is 139 Å². The first kappa shape index (κ1) is 86.0. The van der Waals surface area contributed by atoms with E-state index >= 15 is 0 Å². The molecule has 0 bridgehead atoms. The van der Waals surface area contributed by atoms with E-state index in [0.717, 1.165) is 110 Å². The van der Waals surface area contributed by atoms with Crippen LogP contribution in [0.15, 0.2) is 110 Å². The lowest BCUT2D eigenvalue weighted by Gasteiger charge is -2.34. The lowest BCUT2D eigenvalue weighted by molar-refractivity contribution is -0.125. The standard InChI is InChI=1S/C27H36N6O4.C26H34N6O3.C20H25N5O2.C16H19N5O2/c1-27(2)16-33(19-7-5-6-8-19)23-21(32(3)25(27)35)14-28-26(31-23)30-20-10-9-17(13-22(20)36-4)24(34)29-18-11-12-37-15-18;1-16-15-32(19-9-4-5-10-19)23-21(31(2)25(16)34)14-27-26(30-23)29-20-12-11-17(13-22(20)35-3)24(33)28-18-7-6-8-18;1-24-16-13-21-20(22-15-9-5-6-10-17(15)27-2)23-19(16)25(12-11-18(24)26)14-7-3-4-8-14;1-20-9-8-14(22)21(2)12-10-17-16(19-15(12)20)18-11-6-4-5-7-13(11)23-3/h9-10,13-14,18-19H,5-8,11-12,15-16H2,1-4H3,(H,29,34)(H,28,30,31);11-14,16,18-19H,4-10,15H2,1-3H3,(H,28,33)(H,27,29,30);5-6,9-10,13-14H,3-4,7-8,11-12H2,1-2H3,(H,21,22,23);4-7,10H,8-9H2,1-3H3,(H,17,18,19)/t18-;16-;;/m11../s1. The number of benzene rings is 4. The number of anilines is 16. The molecule has 6 N–H and O–H groups in total. The highest BCUT2D eigenvalue weighted by atomic mass is 16.5. The summed E-state index contributed by atoms with van der Waals surface area (Å²) in [5.41, 5.74) is 6.36. The van der Waals surface area contributed by atoms with Crippen LogP contribution in [0.1, 0.15) is 157 Å². The van der Waals surface area contributed by atoms with Crippen LogP contribution in [0.3, 0.4) is 0 Å². The monoisotopic (exact) mass is 1670 g/mol. The molecule has 2 atom stereocenters. The number of fused-ring (bicyclic) bond motifs is 4. The van der Waals surface area contributed by atoms with Crippen molar-refractivity contribution < 1.29 is 52.5 Å². The molecular formula is C89H114N22O11. The van der Waals surface area contributed by atoms with Crippen LogP contribution < -0.4 is 90.0 Å². The minimum Gasteiger partial charge on any atom is -0.495 e. The van der Waals surface area contributed by atoms with E-state index in [-0.39, 0.29) is 53.4 Å². The largest absolute Gasteiger partial charge is 0.495 e. The van der Waals surface area contributed by atoms with Gasteiger partial charge >= 0.3 is 0 Å². The van der Waals surface area contributed by atoms with Gasteiger partial charge in [-0.25, -0.2) is 19.9 Å². The van der Waals surface area contributed by atoms with E-state index in [0.29, 0.717) is 145 Å². The van der Waals surface area contributed by atoms with Gasteiger partial charge in [0.2, 0.25) is 47.4 Å². The fraction of sp³-hybridized carbons (Fsp3) is 0.483. The highest BCUT2D eigenvalue weighted by Gasteiger charge is 2.43. The van der Waals surface area contributed by atoms with Crippen molar-refractivity contribution >= 4 is 128 Å². The molecule has 9 heterocycles. The molecule has 33 nitrogen and oxygen atoms in total. The molecule has 4 aromatic carbocycles. The Kier molecular flexibility index (Phi) is 27.2. The summed E-state index contributed by atoms with van der Waals surface area (Å²) in [4.78, 5) is 128. The summed E-state index contributed by atoms with van der Waals surface area (Å²) in [5, 5.41) is 19.0. The van der Waals surface area contributed by atoms with E-state index in [1.165, 1.54) is 44.9 Å². The summed E-state index contributed by atoms with van der Waals surface area (Å²) < 4.78 is 27.2. The molecule has 646 valence electrons. The smallest absolute Gasteiger partial charge is 0.251 e. The van der Waals surface area contributed by atoms with E-state index < -0.39 is 5.41 Å². The zero-order valence-electron chi connectivity index (χ0n) is 72.0. The van der Waals surface area contributed by atoms with Crippen molar-refractivity contribution in [2.24, 2.45) is 11.3 Å². The molecule has 33 heteroatoms. The van der Waals surface area contributed by atoms with Gasteiger partial charge in [-0.15, -0.1) is 0 Å². The summed E-state index contributed by atoms with van der Waals surface area (Å²) in [6, 6.07) is 27.3. The summed E-state index contributed by atoms with van der Waals surface area (Å²) >= 11 is 0. The van der Waals surface area contributed by atoms with Crippen molar-refractivity contribution in [3.05, 3.63) is 121 Å². The molecule has 4 aliphatic carbocycles. The maximum Gasteiger partial charge on any atom is 0.251 e. The zero-order chi connectivity index (χ0) is 85.9. The molecule has 122 heavy (non-hydrogen) atoms. The molecule has 4 saturated carbocycles. The van der Waals surface area contributed by atoms with Crippen LogP contribution in [-0.4, -0.2) is 209 Å². The molecule has 0 radical (unpaired) electrons. The summed E-state index contributed by atoms with van der Waals surface area (Å²) in [5.74, 6) is 7.32. The average molecular weight is 1670 g/mol. The molecular weight excluding hydrogens is 1550 g/mol. The quantitative estimate of drug-likeness (QED) is 0.0438. The summed E-state index contributed by atoms with van der Waals surface area (Å²) in [7, 11) is 15.5. The number of nitrogens with one attached hydrogen (secondary N) is 6. The molecule has 5 fully saturated rings. The number of aromatic nitrogens is 8. The molecule has 0 unspecified atom stereocenters. The van der Waals surface area contributed by atoms with E-state index in [1.54, 1.807) is 131 Å². The first-order chi connectivity index (χ1) is 59.0. The van der Waals surface area contributed by atoms with E-state index in [9.17, 15) is 28.8 Å². The van der Waals surface area contributed by atoms with Crippen LogP contribution in [0.2, 0.25) is 0 Å². The van der Waals surface area contributed by atoms with Crippen LogP contribution in [0, 0.1) is 11.3 Å². The number of methoxy groups -OCH3 is 4. The maximum atomic E-state index is 13.2. The fourth-order valence-electron chi connectivity index (χ4n) is 17.1. The number of ether oxygens (including phenoxy) is 5. The number of hydrogen-bond donors (Lipinski definition) is 6. The molecule has 9 aliphatic rings. The van der Waals surface area contributed by atoms with Gasteiger partial charge in [0, 0.05) is 116 Å². The van der Waals surface area contributed by atoms with Crippen LogP contribution in [0.25, 0.3) is 0 Å². The highest BCUT2D eigenvalue weighted by Crippen LogP contribution is 2.44. The lowest BCUT2D eigenvalue weighted by atomic mass is 9.91. The molecule has 0 spiro atoms. The maximum absolute atomic E-state index is 13.2. The van der Waals surface area contributed by atoms with Gasteiger partial charge in [-0.3, -0.25) is 28.8 Å². The van der Waals surface area contributed by atoms with Crippen LogP contribution >= 0.6 is 0 Å². The second kappa shape index (κ2) is 38.5. The average Bonchev–Trinajstić information content (AvgIpc) is 1.62. The Hall–Kier alpha value is -12.4. The zero-order valence-corrected chi connectivity index (χ0v) is 72.0. The normalized spacial score (nSPS) is 19.1. The van der Waals surface area contributed by atoms with Crippen molar-refractivity contribution in [2.45, 2.75) is 167 Å². The van der Waals surface area contributed by atoms with Crippen molar-refractivity contribution in [1.29, 1.82) is 0 Å². The minimum atomic E-state index is -0.546. The minimum absolute atomic E-state index is 0.0297. The summed E-state index contributed by atoms with van der Waals surface area (Å²) in [6.07, 6.45) is 25.8. The second-order valence-corrected chi connectivity index (χ2v) is 33.1. The topological polar surface area (TPSA) is 350 Å². The van der Waals surface area contributed by atoms with Crippen molar-refractivity contribution in [3.63, 3.8) is 0 Å². The fourth-order valence-corrected chi connectivity index (χ4v) is 17.1. The third kappa shape index (κ3) is 19.5. The van der Waals surface area contributed by atoms with Gasteiger partial charge in [0.05, 0.1) is 100.0 Å². The molecule has 4 aromatic heterocycles. The Bertz CT molecular complexity index is 5090. The molecule has 8 aromatic rings. The third-order valence-corrected chi connectivity index (χ3v) is 24.4.